The van der Waals surface area contributed by atoms with Gasteiger partial charge in [-0.2, -0.15) is 9.59 Å². The normalized spacial score (nSPS) is 10.8. The highest BCUT2D eigenvalue weighted by Gasteiger charge is 2.09. The zero-order valence-electron chi connectivity index (χ0n) is 10.4. The Morgan fingerprint density at radius 3 is 2.56 bits per heavy atom. The van der Waals surface area contributed by atoms with Crippen LogP contribution in [-0.4, -0.2) is 17.7 Å². The molecule has 0 aliphatic heterocycles. The highest BCUT2D eigenvalue weighted by molar-refractivity contribution is 5.85. The number of nitrogens with two attached hydrogens (primary N) is 1. The van der Waals surface area contributed by atoms with Crippen molar-refractivity contribution < 1.29 is 9.59 Å². The fraction of sp³-hybridized carbons (Fsp3) is 0.308. The SMILES string of the molecule is Cc1ccc2[nH]cc(C(C)CN)c2c1.Cl.O=C=O. The Hall–Kier alpha value is -1.61. The quantitative estimate of drug-likeness (QED) is 0.878. The van der Waals surface area contributed by atoms with E-state index in [0.29, 0.717) is 12.5 Å². The highest BCUT2D eigenvalue weighted by atomic mass is 35.5. The molecule has 0 amide bonds. The van der Waals surface area contributed by atoms with Crippen molar-refractivity contribution in [2.24, 2.45) is 5.73 Å². The third-order valence-electron chi connectivity index (χ3n) is 2.75. The van der Waals surface area contributed by atoms with Crippen molar-refractivity contribution in [1.82, 2.24) is 4.98 Å². The molecule has 1 atom stereocenters. The number of halogens is 1. The van der Waals surface area contributed by atoms with Gasteiger partial charge in [0.25, 0.3) is 0 Å². The van der Waals surface area contributed by atoms with E-state index in [-0.39, 0.29) is 18.6 Å². The number of carbonyl (C=O) groups excluding carboxylic acids is 2. The van der Waals surface area contributed by atoms with Crippen molar-refractivity contribution in [3.63, 3.8) is 0 Å². The van der Waals surface area contributed by atoms with Crippen LogP contribution in [0.25, 0.3) is 10.9 Å². The minimum absolute atomic E-state index is 0. The average molecular weight is 269 g/mol. The van der Waals surface area contributed by atoms with Gasteiger partial charge in [-0.25, -0.2) is 0 Å². The lowest BCUT2D eigenvalue weighted by molar-refractivity contribution is -0.191. The van der Waals surface area contributed by atoms with E-state index in [9.17, 15) is 0 Å². The molecule has 0 spiro atoms. The van der Waals surface area contributed by atoms with Crippen LogP contribution in [0.3, 0.4) is 0 Å². The van der Waals surface area contributed by atoms with E-state index in [2.05, 4.69) is 43.2 Å². The number of hydrogen-bond donors (Lipinski definition) is 2. The number of nitrogens with one attached hydrogen (secondary N) is 1. The summed E-state index contributed by atoms with van der Waals surface area (Å²) in [5, 5.41) is 1.31. The molecule has 5 heteroatoms. The van der Waals surface area contributed by atoms with Gasteiger partial charge in [0.1, 0.15) is 0 Å². The molecule has 0 fully saturated rings. The van der Waals surface area contributed by atoms with Gasteiger partial charge in [0, 0.05) is 17.1 Å². The van der Waals surface area contributed by atoms with Gasteiger partial charge in [-0.05, 0) is 37.1 Å². The zero-order chi connectivity index (χ0) is 12.8. The van der Waals surface area contributed by atoms with Gasteiger partial charge in [-0.15, -0.1) is 12.4 Å². The third-order valence-corrected chi connectivity index (χ3v) is 2.75. The lowest BCUT2D eigenvalue weighted by Crippen LogP contribution is -2.08. The van der Waals surface area contributed by atoms with E-state index in [0.717, 1.165) is 0 Å². The van der Waals surface area contributed by atoms with Crippen LogP contribution in [0.5, 0.6) is 0 Å². The largest absolute Gasteiger partial charge is 0.373 e. The zero-order valence-corrected chi connectivity index (χ0v) is 11.2. The molecule has 1 unspecified atom stereocenters. The Bertz CT molecular complexity index is 531. The molecule has 0 aliphatic rings. The molecule has 1 aromatic heterocycles. The average Bonchev–Trinajstić information content (AvgIpc) is 2.72. The number of aryl methyl sites for hydroxylation is 1. The van der Waals surface area contributed by atoms with Gasteiger partial charge >= 0.3 is 6.15 Å². The fourth-order valence-electron chi connectivity index (χ4n) is 1.79. The smallest absolute Gasteiger partial charge is 0.361 e. The maximum atomic E-state index is 8.12. The Balaban J connectivity index is 0.000000660. The first kappa shape index (κ1) is 16.4. The Morgan fingerprint density at radius 2 is 2.00 bits per heavy atom. The van der Waals surface area contributed by atoms with Gasteiger partial charge in [0.05, 0.1) is 0 Å². The van der Waals surface area contributed by atoms with Gasteiger partial charge in [0.15, 0.2) is 0 Å². The van der Waals surface area contributed by atoms with Crippen molar-refractivity contribution in [2.75, 3.05) is 6.54 Å². The van der Waals surface area contributed by atoms with Crippen LogP contribution in [0.2, 0.25) is 0 Å². The van der Waals surface area contributed by atoms with Crippen molar-refractivity contribution >= 4 is 29.5 Å². The molecule has 3 N–H and O–H groups in total. The van der Waals surface area contributed by atoms with Crippen LogP contribution >= 0.6 is 12.4 Å². The summed E-state index contributed by atoms with van der Waals surface area (Å²) in [7, 11) is 0. The number of hydrogen-bond acceptors (Lipinski definition) is 3. The van der Waals surface area contributed by atoms with Crippen LogP contribution in [0.1, 0.15) is 24.0 Å². The molecule has 1 heterocycles. The van der Waals surface area contributed by atoms with Crippen molar-refractivity contribution in [3.8, 4) is 0 Å². The Kier molecular flexibility index (Phi) is 6.98. The van der Waals surface area contributed by atoms with Crippen molar-refractivity contribution in [2.45, 2.75) is 19.8 Å². The first-order chi connectivity index (χ1) is 8.13. The predicted molar refractivity (Wildman–Crippen MR) is 72.8 cm³/mol. The van der Waals surface area contributed by atoms with E-state index in [1.165, 1.54) is 22.0 Å². The van der Waals surface area contributed by atoms with Gasteiger partial charge in [-0.3, -0.25) is 0 Å². The molecule has 18 heavy (non-hydrogen) atoms. The summed E-state index contributed by atoms with van der Waals surface area (Å²) in [6.07, 6.45) is 2.32. The Morgan fingerprint density at radius 1 is 1.39 bits per heavy atom. The van der Waals surface area contributed by atoms with E-state index < -0.39 is 0 Å². The maximum absolute atomic E-state index is 8.12. The number of H-pyrrole nitrogens is 1. The fourth-order valence-corrected chi connectivity index (χ4v) is 1.79. The third kappa shape index (κ3) is 3.70. The molecule has 0 saturated carbocycles. The summed E-state index contributed by atoms with van der Waals surface area (Å²) in [6, 6.07) is 6.46. The summed E-state index contributed by atoms with van der Waals surface area (Å²) in [6.45, 7) is 4.97. The summed E-state index contributed by atoms with van der Waals surface area (Å²) >= 11 is 0. The summed E-state index contributed by atoms with van der Waals surface area (Å²) in [5.74, 6) is 0.422. The van der Waals surface area contributed by atoms with E-state index in [1.807, 2.05) is 0 Å². The van der Waals surface area contributed by atoms with Crippen molar-refractivity contribution in [3.05, 3.63) is 35.5 Å². The van der Waals surface area contributed by atoms with Crippen LogP contribution in [-0.2, 0) is 9.59 Å². The van der Waals surface area contributed by atoms with E-state index in [4.69, 9.17) is 15.3 Å². The Labute approximate surface area is 112 Å². The standard InChI is InChI=1S/C12H16N2.CO2.ClH/c1-8-3-4-12-10(5-8)11(7-14-12)9(2)6-13;2-1-3;/h3-5,7,9,14H,6,13H2,1-2H3;;1H. The monoisotopic (exact) mass is 268 g/mol. The van der Waals surface area contributed by atoms with Gasteiger partial charge in [-0.1, -0.05) is 18.6 Å². The topological polar surface area (TPSA) is 76.0 Å². The molecule has 4 nitrogen and oxygen atoms in total. The summed E-state index contributed by atoms with van der Waals surface area (Å²) < 4.78 is 0. The summed E-state index contributed by atoms with van der Waals surface area (Å²) in [5.41, 5.74) is 9.50. The molecule has 1 aromatic carbocycles. The molecule has 2 aromatic rings. The second kappa shape index (κ2) is 7.67. The first-order valence-electron chi connectivity index (χ1n) is 5.41. The highest BCUT2D eigenvalue weighted by Crippen LogP contribution is 2.25. The van der Waals surface area contributed by atoms with Crippen LogP contribution < -0.4 is 5.73 Å². The number of benzene rings is 1. The second-order valence-corrected chi connectivity index (χ2v) is 4.01. The summed E-state index contributed by atoms with van der Waals surface area (Å²) in [4.78, 5) is 19.5. The first-order valence-corrected chi connectivity index (χ1v) is 5.41. The minimum atomic E-state index is 0. The molecule has 0 aliphatic carbocycles. The van der Waals surface area contributed by atoms with Crippen LogP contribution in [0.15, 0.2) is 24.4 Å². The molecule has 0 saturated heterocycles. The molecular formula is C13H17ClN2O2. The molecule has 0 bridgehead atoms. The number of rotatable bonds is 2. The maximum Gasteiger partial charge on any atom is 0.373 e. The predicted octanol–water partition coefficient (Wildman–Crippen LogP) is 2.38. The van der Waals surface area contributed by atoms with Gasteiger partial charge < -0.3 is 10.7 Å². The van der Waals surface area contributed by atoms with Crippen LogP contribution in [0.4, 0.5) is 0 Å². The minimum Gasteiger partial charge on any atom is -0.361 e. The molecular weight excluding hydrogens is 252 g/mol. The van der Waals surface area contributed by atoms with Gasteiger partial charge in [0.2, 0.25) is 0 Å². The lowest BCUT2D eigenvalue weighted by Gasteiger charge is -2.06. The van der Waals surface area contributed by atoms with Crippen molar-refractivity contribution in [1.29, 1.82) is 0 Å². The number of aromatic nitrogens is 1. The molecule has 98 valence electrons. The van der Waals surface area contributed by atoms with E-state index in [1.54, 1.807) is 0 Å². The molecule has 0 radical (unpaired) electrons. The lowest BCUT2D eigenvalue weighted by atomic mass is 10.00. The molecule has 2 rings (SSSR count). The number of aromatic amines is 1. The number of fused-ring (bicyclic) bond motifs is 1. The second-order valence-electron chi connectivity index (χ2n) is 4.01. The van der Waals surface area contributed by atoms with E-state index >= 15 is 0 Å². The van der Waals surface area contributed by atoms with Crippen LogP contribution in [0, 0.1) is 6.92 Å².